The van der Waals surface area contributed by atoms with Gasteiger partial charge in [-0.25, -0.2) is 17.9 Å². The van der Waals surface area contributed by atoms with Gasteiger partial charge in [0, 0.05) is 38.2 Å². The summed E-state index contributed by atoms with van der Waals surface area (Å²) < 4.78 is 74.0. The molecule has 1 fully saturated rings. The number of ether oxygens (including phenoxy) is 1. The number of likely N-dealkylation sites (N-methyl/N-ethyl adjacent to an activating group) is 1. The number of carbonyl (C=O) groups is 2. The van der Waals surface area contributed by atoms with E-state index in [0.29, 0.717) is 27.9 Å². The number of fused-ring (bicyclic) bond motifs is 3. The van der Waals surface area contributed by atoms with Gasteiger partial charge in [-0.05, 0) is 43.4 Å². The number of halogens is 4. The van der Waals surface area contributed by atoms with Gasteiger partial charge < -0.3 is 14.5 Å². The number of aromatic nitrogens is 3. The standard InChI is InChI=1S/C27H29ClF3N5O5S/c1-16(37)41-24(17-9-12-42(39,40)13-10-17)26(38)34(2)25(27(29,30)31)18-5-7-19(8-6-18)35-11-3-4-20-21(35)15-32-23-14-22(28)33-36(20)23/h5-8,14-15,17,24-25H,3-4,9-13H2,1-2H3/t24?,25-/m0/s1. The van der Waals surface area contributed by atoms with Gasteiger partial charge in [-0.3, -0.25) is 9.59 Å². The number of hydrogen-bond acceptors (Lipinski definition) is 8. The first kappa shape index (κ1) is 30.1. The summed E-state index contributed by atoms with van der Waals surface area (Å²) in [5.74, 6) is -3.06. The van der Waals surface area contributed by atoms with Crippen molar-refractivity contribution in [1.82, 2.24) is 19.5 Å². The fourth-order valence-corrected chi connectivity index (χ4v) is 7.43. The Labute approximate surface area is 245 Å². The van der Waals surface area contributed by atoms with E-state index in [0.717, 1.165) is 38.2 Å². The number of alkyl halides is 3. The van der Waals surface area contributed by atoms with Crippen molar-refractivity contribution in [2.45, 2.75) is 50.9 Å². The molecule has 5 rings (SSSR count). The lowest BCUT2D eigenvalue weighted by molar-refractivity contribution is -0.195. The number of rotatable bonds is 6. The van der Waals surface area contributed by atoms with Gasteiger partial charge in [0.1, 0.15) is 9.84 Å². The van der Waals surface area contributed by atoms with E-state index in [2.05, 4.69) is 10.1 Å². The van der Waals surface area contributed by atoms with Gasteiger partial charge in [-0.1, -0.05) is 23.7 Å². The molecule has 1 unspecified atom stereocenters. The molecule has 0 N–H and O–H groups in total. The van der Waals surface area contributed by atoms with E-state index in [9.17, 15) is 31.2 Å². The lowest BCUT2D eigenvalue weighted by Crippen LogP contribution is -2.49. The Balaban J connectivity index is 1.42. The number of nitrogens with zero attached hydrogens (tertiary/aromatic N) is 5. The summed E-state index contributed by atoms with van der Waals surface area (Å²) in [6.45, 7) is 1.66. The Kier molecular flexibility index (Phi) is 8.14. The highest BCUT2D eigenvalue weighted by Gasteiger charge is 2.48. The Morgan fingerprint density at radius 3 is 2.45 bits per heavy atom. The third-order valence-electron chi connectivity index (χ3n) is 7.75. The summed E-state index contributed by atoms with van der Waals surface area (Å²) in [6.07, 6.45) is -3.18. The van der Waals surface area contributed by atoms with E-state index in [1.807, 2.05) is 4.90 Å². The zero-order valence-electron chi connectivity index (χ0n) is 22.8. The number of aryl methyl sites for hydroxylation is 1. The third-order valence-corrected chi connectivity index (χ3v) is 9.65. The van der Waals surface area contributed by atoms with Gasteiger partial charge in [0.25, 0.3) is 5.91 Å². The molecule has 4 heterocycles. The van der Waals surface area contributed by atoms with Gasteiger partial charge in [-0.15, -0.1) is 0 Å². The van der Waals surface area contributed by atoms with Gasteiger partial charge in [0.05, 0.1) is 29.1 Å². The van der Waals surface area contributed by atoms with E-state index in [4.69, 9.17) is 16.3 Å². The molecule has 1 amide bonds. The minimum absolute atomic E-state index is 0.00838. The fourth-order valence-electron chi connectivity index (χ4n) is 5.73. The van der Waals surface area contributed by atoms with Crippen molar-refractivity contribution in [1.29, 1.82) is 0 Å². The van der Waals surface area contributed by atoms with Crippen molar-refractivity contribution < 1.29 is 35.9 Å². The first-order valence-electron chi connectivity index (χ1n) is 13.4. The van der Waals surface area contributed by atoms with Crippen molar-refractivity contribution in [2.75, 3.05) is 30.0 Å². The molecule has 42 heavy (non-hydrogen) atoms. The Morgan fingerprint density at radius 1 is 1.17 bits per heavy atom. The molecular weight excluding hydrogens is 599 g/mol. The minimum Gasteiger partial charge on any atom is -0.452 e. The smallest absolute Gasteiger partial charge is 0.413 e. The lowest BCUT2D eigenvalue weighted by Gasteiger charge is -2.36. The summed E-state index contributed by atoms with van der Waals surface area (Å²) in [5.41, 5.74) is 2.70. The van der Waals surface area contributed by atoms with Crippen molar-refractivity contribution in [3.05, 3.63) is 52.9 Å². The molecule has 0 aliphatic carbocycles. The summed E-state index contributed by atoms with van der Waals surface area (Å²) in [6, 6.07) is 5.05. The number of esters is 1. The molecule has 2 aliphatic heterocycles. The molecule has 226 valence electrons. The number of sulfone groups is 1. The molecule has 0 radical (unpaired) electrons. The number of amides is 1. The normalized spacial score (nSPS) is 18.8. The van der Waals surface area contributed by atoms with Crippen LogP contribution in [-0.2, 0) is 30.6 Å². The van der Waals surface area contributed by atoms with Crippen LogP contribution in [0.15, 0.2) is 36.5 Å². The molecule has 1 saturated heterocycles. The SMILES string of the molecule is CC(=O)OC(C(=O)N(C)[C@@H](c1ccc(N2CCCc3c2cnc2cc(Cl)nn32)cc1)C(F)(F)F)C1CCS(=O)(=O)CC1. The first-order chi connectivity index (χ1) is 19.7. The van der Waals surface area contributed by atoms with Crippen molar-refractivity contribution >= 4 is 50.3 Å². The summed E-state index contributed by atoms with van der Waals surface area (Å²) in [7, 11) is -2.30. The lowest BCUT2D eigenvalue weighted by atomic mass is 9.93. The highest BCUT2D eigenvalue weighted by Crippen LogP contribution is 2.40. The zero-order chi connectivity index (χ0) is 30.4. The Morgan fingerprint density at radius 2 is 1.83 bits per heavy atom. The van der Waals surface area contributed by atoms with Crippen LogP contribution in [0, 0.1) is 5.92 Å². The second-order valence-corrected chi connectivity index (χ2v) is 13.3. The zero-order valence-corrected chi connectivity index (χ0v) is 24.4. The predicted molar refractivity (Wildman–Crippen MR) is 148 cm³/mol. The van der Waals surface area contributed by atoms with Crippen LogP contribution in [0.3, 0.4) is 0 Å². The number of anilines is 2. The predicted octanol–water partition coefficient (Wildman–Crippen LogP) is 4.29. The van der Waals surface area contributed by atoms with Gasteiger partial charge in [-0.2, -0.15) is 18.3 Å². The van der Waals surface area contributed by atoms with Gasteiger partial charge in [0.2, 0.25) is 0 Å². The molecule has 2 atom stereocenters. The maximum atomic E-state index is 14.5. The summed E-state index contributed by atoms with van der Waals surface area (Å²) in [4.78, 5) is 32.1. The molecule has 0 spiro atoms. The van der Waals surface area contributed by atoms with Crippen LogP contribution in [-0.4, -0.2) is 77.2 Å². The maximum absolute atomic E-state index is 14.5. The van der Waals surface area contributed by atoms with Crippen molar-refractivity contribution in [3.8, 4) is 0 Å². The number of carbonyl (C=O) groups excluding carboxylic acids is 2. The topological polar surface area (TPSA) is 114 Å². The third kappa shape index (κ3) is 6.05. The average molecular weight is 628 g/mol. The van der Waals surface area contributed by atoms with E-state index in [1.54, 1.807) is 28.9 Å². The molecule has 0 bridgehead atoms. The highest BCUT2D eigenvalue weighted by molar-refractivity contribution is 7.91. The van der Waals surface area contributed by atoms with Crippen LogP contribution in [0.4, 0.5) is 24.5 Å². The van der Waals surface area contributed by atoms with E-state index >= 15 is 0 Å². The largest absolute Gasteiger partial charge is 0.452 e. The van der Waals surface area contributed by atoms with Crippen LogP contribution in [0.25, 0.3) is 5.65 Å². The fraction of sp³-hybridized carbons (Fsp3) is 0.481. The maximum Gasteiger partial charge on any atom is 0.413 e. The van der Waals surface area contributed by atoms with Crippen LogP contribution >= 0.6 is 11.6 Å². The second kappa shape index (κ2) is 11.4. The Hall–Kier alpha value is -3.39. The molecule has 1 aromatic carbocycles. The molecule has 10 nitrogen and oxygen atoms in total. The molecule has 0 saturated carbocycles. The van der Waals surface area contributed by atoms with E-state index < -0.39 is 46.0 Å². The molecule has 15 heteroatoms. The van der Waals surface area contributed by atoms with Crippen LogP contribution in [0.1, 0.15) is 43.5 Å². The molecule has 2 aromatic heterocycles. The second-order valence-electron chi connectivity index (χ2n) is 10.6. The monoisotopic (exact) mass is 627 g/mol. The molecular formula is C27H29ClF3N5O5S. The average Bonchev–Trinajstić information content (AvgIpc) is 3.31. The minimum atomic E-state index is -4.85. The van der Waals surface area contributed by atoms with Crippen LogP contribution in [0.5, 0.6) is 0 Å². The summed E-state index contributed by atoms with van der Waals surface area (Å²) >= 11 is 6.06. The highest BCUT2D eigenvalue weighted by atomic mass is 35.5. The van der Waals surface area contributed by atoms with E-state index in [1.165, 1.54) is 12.1 Å². The van der Waals surface area contributed by atoms with E-state index in [-0.39, 0.29) is 29.9 Å². The van der Waals surface area contributed by atoms with Gasteiger partial charge in [0.15, 0.2) is 22.9 Å². The Bertz CT molecular complexity index is 1600. The molecule has 2 aliphatic rings. The van der Waals surface area contributed by atoms with Gasteiger partial charge >= 0.3 is 12.1 Å². The summed E-state index contributed by atoms with van der Waals surface area (Å²) in [5, 5.41) is 4.60. The molecule has 3 aromatic rings. The number of benzene rings is 1. The van der Waals surface area contributed by atoms with Crippen LogP contribution in [0.2, 0.25) is 5.15 Å². The van der Waals surface area contributed by atoms with Crippen LogP contribution < -0.4 is 4.90 Å². The van der Waals surface area contributed by atoms with Crippen molar-refractivity contribution in [3.63, 3.8) is 0 Å². The van der Waals surface area contributed by atoms with Crippen molar-refractivity contribution in [2.24, 2.45) is 5.92 Å². The first-order valence-corrected chi connectivity index (χ1v) is 15.6. The quantitative estimate of drug-likeness (QED) is 0.372. The number of hydrogen-bond donors (Lipinski definition) is 0.